The van der Waals surface area contributed by atoms with Gasteiger partial charge in [0.2, 0.25) is 0 Å². The molecule has 0 saturated heterocycles. The van der Waals surface area contributed by atoms with Crippen molar-refractivity contribution in [1.29, 1.82) is 0 Å². The van der Waals surface area contributed by atoms with Gasteiger partial charge in [0.25, 0.3) is 0 Å². The Hall–Kier alpha value is -2.09. The summed E-state index contributed by atoms with van der Waals surface area (Å²) in [6.07, 6.45) is 9.36. The first-order valence-corrected chi connectivity index (χ1v) is 9.82. The van der Waals surface area contributed by atoms with Crippen LogP contribution < -0.4 is 0 Å². The van der Waals surface area contributed by atoms with Gasteiger partial charge in [-0.05, 0) is 25.5 Å². The van der Waals surface area contributed by atoms with Gasteiger partial charge in [-0.3, -0.25) is 0 Å². The smallest absolute Gasteiger partial charge is 0.141 e. The van der Waals surface area contributed by atoms with E-state index in [-0.39, 0.29) is 0 Å². The summed E-state index contributed by atoms with van der Waals surface area (Å²) >= 11 is 0. The van der Waals surface area contributed by atoms with E-state index in [1.54, 1.807) is 0 Å². The SMILES string of the molecule is CCCCCCCCCn1c(-c2ccc(C)cc2)nc2ccccc21. The summed E-state index contributed by atoms with van der Waals surface area (Å²) in [5.41, 5.74) is 4.85. The van der Waals surface area contributed by atoms with Crippen molar-refractivity contribution in [2.45, 2.75) is 65.3 Å². The number of aromatic nitrogens is 2. The maximum atomic E-state index is 4.91. The molecule has 0 radical (unpaired) electrons. The van der Waals surface area contributed by atoms with Crippen molar-refractivity contribution in [3.05, 3.63) is 54.1 Å². The van der Waals surface area contributed by atoms with E-state index in [1.807, 2.05) is 0 Å². The minimum absolute atomic E-state index is 1.05. The summed E-state index contributed by atoms with van der Waals surface area (Å²) in [5, 5.41) is 0. The van der Waals surface area contributed by atoms with Gasteiger partial charge in [0, 0.05) is 12.1 Å². The molecule has 0 N–H and O–H groups in total. The van der Waals surface area contributed by atoms with Crippen LogP contribution in [0, 0.1) is 6.92 Å². The van der Waals surface area contributed by atoms with Gasteiger partial charge in [-0.25, -0.2) is 4.98 Å². The number of hydrogen-bond acceptors (Lipinski definition) is 1. The summed E-state index contributed by atoms with van der Waals surface area (Å²) in [5.74, 6) is 1.10. The van der Waals surface area contributed by atoms with Crippen molar-refractivity contribution in [3.8, 4) is 11.4 Å². The van der Waals surface area contributed by atoms with E-state index in [0.717, 1.165) is 17.9 Å². The highest BCUT2D eigenvalue weighted by atomic mass is 15.1. The minimum atomic E-state index is 1.05. The van der Waals surface area contributed by atoms with Crippen LogP contribution in [-0.2, 0) is 6.54 Å². The Labute approximate surface area is 151 Å². The Kier molecular flexibility index (Phi) is 6.27. The largest absolute Gasteiger partial charge is 0.324 e. The molecule has 0 fully saturated rings. The fourth-order valence-corrected chi connectivity index (χ4v) is 3.45. The number of hydrogen-bond donors (Lipinski definition) is 0. The molecule has 2 aromatic carbocycles. The second-order valence-corrected chi connectivity index (χ2v) is 7.06. The normalized spacial score (nSPS) is 11.3. The third-order valence-electron chi connectivity index (χ3n) is 4.95. The van der Waals surface area contributed by atoms with Gasteiger partial charge in [0.1, 0.15) is 5.82 Å². The van der Waals surface area contributed by atoms with Gasteiger partial charge in [0.15, 0.2) is 0 Å². The molecule has 0 atom stereocenters. The molecule has 2 heteroatoms. The molecule has 0 aliphatic heterocycles. The third-order valence-corrected chi connectivity index (χ3v) is 4.95. The number of imidazole rings is 1. The van der Waals surface area contributed by atoms with Crippen LogP contribution in [0.15, 0.2) is 48.5 Å². The predicted molar refractivity (Wildman–Crippen MR) is 108 cm³/mol. The average molecular weight is 335 g/mol. The Morgan fingerprint density at radius 1 is 0.800 bits per heavy atom. The Morgan fingerprint density at radius 2 is 1.48 bits per heavy atom. The van der Waals surface area contributed by atoms with E-state index in [4.69, 9.17) is 4.98 Å². The van der Waals surface area contributed by atoms with Crippen molar-refractivity contribution in [3.63, 3.8) is 0 Å². The van der Waals surface area contributed by atoms with Gasteiger partial charge < -0.3 is 4.57 Å². The van der Waals surface area contributed by atoms with Gasteiger partial charge in [0.05, 0.1) is 11.0 Å². The molecule has 0 aliphatic carbocycles. The molecule has 3 rings (SSSR count). The molecule has 0 spiro atoms. The molecule has 0 unspecified atom stereocenters. The Balaban J connectivity index is 1.74. The molecule has 0 bridgehead atoms. The lowest BCUT2D eigenvalue weighted by molar-refractivity contribution is 0.557. The summed E-state index contributed by atoms with van der Waals surface area (Å²) in [6.45, 7) is 5.46. The zero-order valence-corrected chi connectivity index (χ0v) is 15.7. The van der Waals surface area contributed by atoms with E-state index in [1.165, 1.54) is 61.6 Å². The van der Waals surface area contributed by atoms with E-state index in [9.17, 15) is 0 Å². The Morgan fingerprint density at radius 3 is 2.24 bits per heavy atom. The fourth-order valence-electron chi connectivity index (χ4n) is 3.45. The first-order chi connectivity index (χ1) is 12.3. The van der Waals surface area contributed by atoms with E-state index in [2.05, 4.69) is 66.9 Å². The first kappa shape index (κ1) is 17.7. The zero-order valence-electron chi connectivity index (χ0n) is 15.7. The molecule has 2 nitrogen and oxygen atoms in total. The molecule has 132 valence electrons. The molecule has 1 heterocycles. The maximum Gasteiger partial charge on any atom is 0.141 e. The van der Waals surface area contributed by atoms with E-state index < -0.39 is 0 Å². The highest BCUT2D eigenvalue weighted by Crippen LogP contribution is 2.26. The molecule has 0 amide bonds. The Bertz CT molecular complexity index is 783. The fraction of sp³-hybridized carbons (Fsp3) is 0.435. The van der Waals surface area contributed by atoms with Gasteiger partial charge in [-0.15, -0.1) is 0 Å². The quantitative estimate of drug-likeness (QED) is 0.395. The highest BCUT2D eigenvalue weighted by Gasteiger charge is 2.11. The number of rotatable bonds is 9. The number of nitrogens with zero attached hydrogens (tertiary/aromatic N) is 2. The topological polar surface area (TPSA) is 17.8 Å². The van der Waals surface area contributed by atoms with Crippen LogP contribution >= 0.6 is 0 Å². The lowest BCUT2D eigenvalue weighted by Gasteiger charge is -2.10. The summed E-state index contributed by atoms with van der Waals surface area (Å²) < 4.78 is 2.41. The number of para-hydroxylation sites is 2. The van der Waals surface area contributed by atoms with Crippen molar-refractivity contribution >= 4 is 11.0 Å². The number of unbranched alkanes of at least 4 members (excludes halogenated alkanes) is 6. The van der Waals surface area contributed by atoms with Crippen LogP contribution in [-0.4, -0.2) is 9.55 Å². The van der Waals surface area contributed by atoms with Gasteiger partial charge in [-0.2, -0.15) is 0 Å². The lowest BCUT2D eigenvalue weighted by Crippen LogP contribution is -2.01. The lowest BCUT2D eigenvalue weighted by atomic mass is 10.1. The van der Waals surface area contributed by atoms with Crippen molar-refractivity contribution in [1.82, 2.24) is 9.55 Å². The number of benzene rings is 2. The van der Waals surface area contributed by atoms with Crippen LogP contribution in [0.4, 0.5) is 0 Å². The number of aryl methyl sites for hydroxylation is 2. The monoisotopic (exact) mass is 334 g/mol. The van der Waals surface area contributed by atoms with Crippen LogP contribution in [0.25, 0.3) is 22.4 Å². The van der Waals surface area contributed by atoms with Crippen LogP contribution in [0.1, 0.15) is 57.4 Å². The molecular weight excluding hydrogens is 304 g/mol. The standard InChI is InChI=1S/C23H30N2/c1-3-4-5-6-7-8-11-18-25-22-13-10-9-12-21(22)24-23(25)20-16-14-19(2)15-17-20/h9-10,12-17H,3-8,11,18H2,1-2H3. The van der Waals surface area contributed by atoms with Crippen LogP contribution in [0.3, 0.4) is 0 Å². The minimum Gasteiger partial charge on any atom is -0.324 e. The zero-order chi connectivity index (χ0) is 17.5. The van der Waals surface area contributed by atoms with Crippen molar-refractivity contribution < 1.29 is 0 Å². The molecule has 3 aromatic rings. The molecule has 25 heavy (non-hydrogen) atoms. The van der Waals surface area contributed by atoms with Gasteiger partial charge in [-0.1, -0.05) is 87.4 Å². The van der Waals surface area contributed by atoms with Crippen molar-refractivity contribution in [2.75, 3.05) is 0 Å². The second-order valence-electron chi connectivity index (χ2n) is 7.06. The van der Waals surface area contributed by atoms with Gasteiger partial charge >= 0.3 is 0 Å². The maximum absolute atomic E-state index is 4.91. The molecule has 0 aliphatic rings. The summed E-state index contributed by atoms with van der Waals surface area (Å²) in [7, 11) is 0. The predicted octanol–water partition coefficient (Wildman–Crippen LogP) is 6.76. The summed E-state index contributed by atoms with van der Waals surface area (Å²) in [4.78, 5) is 4.91. The average Bonchev–Trinajstić information content (AvgIpc) is 3.00. The number of fused-ring (bicyclic) bond motifs is 1. The second kappa shape index (κ2) is 8.84. The highest BCUT2D eigenvalue weighted by molar-refractivity contribution is 5.80. The third kappa shape index (κ3) is 4.50. The van der Waals surface area contributed by atoms with E-state index >= 15 is 0 Å². The van der Waals surface area contributed by atoms with Crippen LogP contribution in [0.5, 0.6) is 0 Å². The molecule has 1 aromatic heterocycles. The first-order valence-electron chi connectivity index (χ1n) is 9.82. The molecular formula is C23H30N2. The van der Waals surface area contributed by atoms with E-state index in [0.29, 0.717) is 0 Å². The van der Waals surface area contributed by atoms with Crippen LogP contribution in [0.2, 0.25) is 0 Å². The summed E-state index contributed by atoms with van der Waals surface area (Å²) in [6, 6.07) is 17.2. The molecule has 0 saturated carbocycles. The van der Waals surface area contributed by atoms with Crippen molar-refractivity contribution in [2.24, 2.45) is 0 Å².